The van der Waals surface area contributed by atoms with Gasteiger partial charge >= 0.3 is 0 Å². The Morgan fingerprint density at radius 1 is 1.21 bits per heavy atom. The van der Waals surface area contributed by atoms with E-state index in [4.69, 9.17) is 0 Å². The van der Waals surface area contributed by atoms with Crippen LogP contribution in [0.1, 0.15) is 46.0 Å². The first-order valence-corrected chi connectivity index (χ1v) is 7.64. The number of nitrogens with zero attached hydrogens (tertiary/aromatic N) is 1. The van der Waals surface area contributed by atoms with Gasteiger partial charge in [0.15, 0.2) is 0 Å². The van der Waals surface area contributed by atoms with Crippen LogP contribution in [0.3, 0.4) is 0 Å². The zero-order chi connectivity index (χ0) is 14.0. The molecule has 4 heteroatoms. The number of likely N-dealkylation sites (N-methyl/N-ethyl adjacent to an activating group) is 1. The molecule has 1 aliphatic heterocycles. The van der Waals surface area contributed by atoms with Crippen molar-refractivity contribution in [3.8, 4) is 0 Å². The predicted octanol–water partition coefficient (Wildman–Crippen LogP) is 1.80. The van der Waals surface area contributed by atoms with Crippen molar-refractivity contribution in [1.29, 1.82) is 0 Å². The summed E-state index contributed by atoms with van der Waals surface area (Å²) < 4.78 is 0. The van der Waals surface area contributed by atoms with Gasteiger partial charge < -0.3 is 5.32 Å². The molecule has 4 nitrogen and oxygen atoms in total. The Hall–Kier alpha value is -0.900. The second-order valence-electron chi connectivity index (χ2n) is 6.02. The largest absolute Gasteiger partial charge is 0.315 e. The Morgan fingerprint density at radius 3 is 2.21 bits per heavy atom. The predicted molar refractivity (Wildman–Crippen MR) is 74.5 cm³/mol. The number of likely N-dealkylation sites (tertiary alicyclic amines) is 1. The van der Waals surface area contributed by atoms with E-state index in [0.717, 1.165) is 32.1 Å². The van der Waals surface area contributed by atoms with Gasteiger partial charge in [-0.2, -0.15) is 0 Å². The Morgan fingerprint density at radius 2 is 1.79 bits per heavy atom. The van der Waals surface area contributed by atoms with E-state index >= 15 is 0 Å². The molecule has 0 radical (unpaired) electrons. The molecule has 108 valence electrons. The number of nitrogens with one attached hydrogen (secondary N) is 1. The van der Waals surface area contributed by atoms with Crippen LogP contribution in [0.25, 0.3) is 0 Å². The molecule has 2 rings (SSSR count). The summed E-state index contributed by atoms with van der Waals surface area (Å²) in [5, 5.41) is 3.21. The van der Waals surface area contributed by atoms with Crippen LogP contribution >= 0.6 is 0 Å². The van der Waals surface area contributed by atoms with Crippen molar-refractivity contribution in [1.82, 2.24) is 10.2 Å². The van der Waals surface area contributed by atoms with E-state index in [2.05, 4.69) is 19.2 Å². The standard InChI is InChI=1S/C15H26N2O2/c1-4-6-11(16-3)9-17-14(18)12-7-10(5-2)8-13(12)15(17)19/h10-13,16H,4-9H2,1-3H3. The molecule has 0 bridgehead atoms. The van der Waals surface area contributed by atoms with Gasteiger partial charge in [-0.3, -0.25) is 14.5 Å². The Balaban J connectivity index is 2.02. The average Bonchev–Trinajstić information content (AvgIpc) is 2.93. The maximum atomic E-state index is 12.4. The molecule has 0 spiro atoms. The van der Waals surface area contributed by atoms with E-state index in [-0.39, 0.29) is 29.7 Å². The molecule has 2 aliphatic rings. The summed E-state index contributed by atoms with van der Waals surface area (Å²) in [6.07, 6.45) is 4.98. The highest BCUT2D eigenvalue weighted by atomic mass is 16.2. The van der Waals surface area contributed by atoms with Crippen molar-refractivity contribution in [2.75, 3.05) is 13.6 Å². The zero-order valence-corrected chi connectivity index (χ0v) is 12.3. The molecule has 1 aliphatic carbocycles. The quantitative estimate of drug-likeness (QED) is 0.746. The molecule has 2 amide bonds. The van der Waals surface area contributed by atoms with Crippen molar-refractivity contribution in [3.63, 3.8) is 0 Å². The van der Waals surface area contributed by atoms with Crippen molar-refractivity contribution >= 4 is 11.8 Å². The number of hydrogen-bond donors (Lipinski definition) is 1. The van der Waals surface area contributed by atoms with Crippen molar-refractivity contribution in [2.24, 2.45) is 17.8 Å². The van der Waals surface area contributed by atoms with Crippen LogP contribution in [0.5, 0.6) is 0 Å². The van der Waals surface area contributed by atoms with E-state index in [9.17, 15) is 9.59 Å². The lowest BCUT2D eigenvalue weighted by Crippen LogP contribution is -2.43. The van der Waals surface area contributed by atoms with Gasteiger partial charge in [0.05, 0.1) is 11.8 Å². The molecular formula is C15H26N2O2. The first-order valence-electron chi connectivity index (χ1n) is 7.64. The number of fused-ring (bicyclic) bond motifs is 1. The first-order chi connectivity index (χ1) is 9.12. The number of rotatable bonds is 6. The Kier molecular flexibility index (Phi) is 4.61. The minimum Gasteiger partial charge on any atom is -0.315 e. The molecule has 1 N–H and O–H groups in total. The number of hydrogen-bond acceptors (Lipinski definition) is 3. The van der Waals surface area contributed by atoms with Gasteiger partial charge in [0.25, 0.3) is 0 Å². The molecule has 3 unspecified atom stereocenters. The highest BCUT2D eigenvalue weighted by Gasteiger charge is 2.52. The summed E-state index contributed by atoms with van der Waals surface area (Å²) >= 11 is 0. The number of imide groups is 1. The van der Waals surface area contributed by atoms with Gasteiger partial charge in [-0.25, -0.2) is 0 Å². The lowest BCUT2D eigenvalue weighted by Gasteiger charge is -2.23. The van der Waals surface area contributed by atoms with Gasteiger partial charge in [-0.15, -0.1) is 0 Å². The fourth-order valence-corrected chi connectivity index (χ4v) is 3.61. The number of carbonyl (C=O) groups excluding carboxylic acids is 2. The second kappa shape index (κ2) is 6.04. The molecule has 2 fully saturated rings. The second-order valence-corrected chi connectivity index (χ2v) is 6.02. The maximum absolute atomic E-state index is 12.4. The van der Waals surface area contributed by atoms with Crippen molar-refractivity contribution in [2.45, 2.75) is 52.0 Å². The monoisotopic (exact) mass is 266 g/mol. The molecule has 3 atom stereocenters. The molecule has 0 aromatic rings. The summed E-state index contributed by atoms with van der Waals surface area (Å²) in [6.45, 7) is 4.82. The smallest absolute Gasteiger partial charge is 0.233 e. The highest BCUT2D eigenvalue weighted by molar-refractivity contribution is 6.05. The summed E-state index contributed by atoms with van der Waals surface area (Å²) in [5.74, 6) is 0.707. The molecule has 19 heavy (non-hydrogen) atoms. The van der Waals surface area contributed by atoms with Crippen LogP contribution in [0.2, 0.25) is 0 Å². The van der Waals surface area contributed by atoms with Gasteiger partial charge in [-0.05, 0) is 32.2 Å². The minimum absolute atomic E-state index is 0.0171. The lowest BCUT2D eigenvalue weighted by molar-refractivity contribution is -0.141. The Bertz CT molecular complexity index is 332. The number of amides is 2. The van der Waals surface area contributed by atoms with Crippen LogP contribution in [0, 0.1) is 17.8 Å². The van der Waals surface area contributed by atoms with E-state index in [1.807, 2.05) is 7.05 Å². The molecular weight excluding hydrogens is 240 g/mol. The zero-order valence-electron chi connectivity index (χ0n) is 12.3. The third kappa shape index (κ3) is 2.69. The summed E-state index contributed by atoms with van der Waals surface area (Å²) in [7, 11) is 1.90. The van der Waals surface area contributed by atoms with Crippen LogP contribution in [-0.2, 0) is 9.59 Å². The molecule has 1 saturated carbocycles. The average molecular weight is 266 g/mol. The van der Waals surface area contributed by atoms with Crippen LogP contribution in [-0.4, -0.2) is 36.3 Å². The fourth-order valence-electron chi connectivity index (χ4n) is 3.61. The SMILES string of the molecule is CCCC(CN1C(=O)C2CC(CC)CC2C1=O)NC. The summed E-state index contributed by atoms with van der Waals surface area (Å²) in [4.78, 5) is 26.3. The van der Waals surface area contributed by atoms with Gasteiger partial charge in [0.2, 0.25) is 11.8 Å². The third-order valence-electron chi connectivity index (χ3n) is 4.85. The van der Waals surface area contributed by atoms with Crippen LogP contribution < -0.4 is 5.32 Å². The van der Waals surface area contributed by atoms with E-state index in [1.54, 1.807) is 0 Å². The van der Waals surface area contributed by atoms with Crippen LogP contribution in [0.15, 0.2) is 0 Å². The maximum Gasteiger partial charge on any atom is 0.233 e. The Labute approximate surface area is 115 Å². The van der Waals surface area contributed by atoms with Crippen LogP contribution in [0.4, 0.5) is 0 Å². The summed E-state index contributed by atoms with van der Waals surface area (Å²) in [5.41, 5.74) is 0. The van der Waals surface area contributed by atoms with E-state index in [0.29, 0.717) is 12.5 Å². The minimum atomic E-state index is -0.0171. The van der Waals surface area contributed by atoms with Crippen molar-refractivity contribution < 1.29 is 9.59 Å². The van der Waals surface area contributed by atoms with E-state index < -0.39 is 0 Å². The topological polar surface area (TPSA) is 49.4 Å². The van der Waals surface area contributed by atoms with Crippen molar-refractivity contribution in [3.05, 3.63) is 0 Å². The summed E-state index contributed by atoms with van der Waals surface area (Å²) in [6, 6.07) is 0.235. The van der Waals surface area contributed by atoms with Gasteiger partial charge in [0, 0.05) is 12.6 Å². The third-order valence-corrected chi connectivity index (χ3v) is 4.85. The number of carbonyl (C=O) groups is 2. The normalized spacial score (nSPS) is 31.9. The fraction of sp³-hybridized carbons (Fsp3) is 0.867. The lowest BCUT2D eigenvalue weighted by atomic mass is 10.00. The van der Waals surface area contributed by atoms with Gasteiger partial charge in [-0.1, -0.05) is 26.7 Å². The highest BCUT2D eigenvalue weighted by Crippen LogP contribution is 2.44. The molecule has 0 aromatic carbocycles. The molecule has 1 heterocycles. The molecule has 1 saturated heterocycles. The molecule has 0 aromatic heterocycles. The van der Waals surface area contributed by atoms with Gasteiger partial charge in [0.1, 0.15) is 0 Å². The first kappa shape index (κ1) is 14.5. The van der Waals surface area contributed by atoms with E-state index in [1.165, 1.54) is 4.90 Å².